The van der Waals surface area contributed by atoms with E-state index in [-0.39, 0.29) is 17.3 Å². The van der Waals surface area contributed by atoms with Gasteiger partial charge in [0, 0.05) is 44.4 Å². The summed E-state index contributed by atoms with van der Waals surface area (Å²) in [4.78, 5) is 14.8. The normalized spacial score (nSPS) is 15.0. The molecule has 0 saturated carbocycles. The fourth-order valence-electron chi connectivity index (χ4n) is 3.09. The summed E-state index contributed by atoms with van der Waals surface area (Å²) in [7, 11) is 0.0321. The number of benzene rings is 2. The number of nitrogens with zero attached hydrogens (tertiary/aromatic N) is 2. The fourth-order valence-corrected chi connectivity index (χ4v) is 4.25. The van der Waals surface area contributed by atoms with Crippen LogP contribution in [0.1, 0.15) is 27.9 Å². The molecule has 0 fully saturated rings. The number of hydrazine groups is 1. The lowest BCUT2D eigenvalue weighted by atomic mass is 10.1. The van der Waals surface area contributed by atoms with Gasteiger partial charge in [0.1, 0.15) is 0 Å². The largest absolute Gasteiger partial charge is 0.303 e. The van der Waals surface area contributed by atoms with E-state index >= 15 is 0 Å². The summed E-state index contributed by atoms with van der Waals surface area (Å²) in [5.41, 5.74) is 9.00. The van der Waals surface area contributed by atoms with Gasteiger partial charge in [0.05, 0.1) is 4.90 Å². The second kappa shape index (κ2) is 9.42. The van der Waals surface area contributed by atoms with Gasteiger partial charge in [-0.05, 0) is 49.9 Å². The van der Waals surface area contributed by atoms with Crippen LogP contribution >= 0.6 is 0 Å². The number of likely N-dealkylation sites (N-methyl/N-ethyl adjacent to an activating group) is 1. The van der Waals surface area contributed by atoms with E-state index in [0.29, 0.717) is 5.56 Å². The molecule has 1 aliphatic rings. The van der Waals surface area contributed by atoms with Crippen LogP contribution in [0.5, 0.6) is 0 Å². The molecule has 0 aliphatic carbocycles. The van der Waals surface area contributed by atoms with Crippen molar-refractivity contribution in [2.45, 2.75) is 24.8 Å². The Bertz CT molecular complexity index is 1020. The number of carbonyl (C=O) groups excluding carboxylic acids is 1. The zero-order valence-corrected chi connectivity index (χ0v) is 18.4. The topological polar surface area (TPSA) is 81.8 Å². The molecule has 0 unspecified atom stereocenters. The Balaban J connectivity index is 1.58. The second-order valence-corrected chi connectivity index (χ2v) is 9.64. The zero-order valence-electron chi connectivity index (χ0n) is 17.6. The Labute approximate surface area is 178 Å². The standard InChI is InChI=1S/C22H28N4O3S/c1-17-4-10-21(11-5-17)30(28,29)26(3)16-18-6-8-19(9-7-18)22(27)24-23-20-12-14-25(2)15-13-20/h4-12,23H,13-16H2,1-3H3,(H,24,27). The minimum Gasteiger partial charge on any atom is -0.303 e. The van der Waals surface area contributed by atoms with Crippen molar-refractivity contribution in [2.75, 3.05) is 27.2 Å². The summed E-state index contributed by atoms with van der Waals surface area (Å²) in [6.45, 7) is 3.93. The maximum atomic E-state index is 12.7. The van der Waals surface area contributed by atoms with Crippen LogP contribution in [0.15, 0.2) is 65.2 Å². The highest BCUT2D eigenvalue weighted by atomic mass is 32.2. The molecule has 2 aromatic carbocycles. The monoisotopic (exact) mass is 428 g/mol. The summed E-state index contributed by atoms with van der Waals surface area (Å²) < 4.78 is 26.8. The maximum absolute atomic E-state index is 12.7. The SMILES string of the molecule is Cc1ccc(S(=O)(=O)N(C)Cc2ccc(C(=O)NNC3=CCN(C)CC3)cc2)cc1. The van der Waals surface area contributed by atoms with Gasteiger partial charge in [-0.2, -0.15) is 4.31 Å². The van der Waals surface area contributed by atoms with Gasteiger partial charge >= 0.3 is 0 Å². The summed E-state index contributed by atoms with van der Waals surface area (Å²) in [5.74, 6) is -0.234. The Hall–Kier alpha value is -2.68. The van der Waals surface area contributed by atoms with Crippen LogP contribution in [-0.4, -0.2) is 50.7 Å². The Morgan fingerprint density at radius 2 is 1.77 bits per heavy atom. The first-order chi connectivity index (χ1) is 14.3. The molecule has 0 spiro atoms. The van der Waals surface area contributed by atoms with Crippen LogP contribution in [0.2, 0.25) is 0 Å². The van der Waals surface area contributed by atoms with Gasteiger partial charge in [-0.15, -0.1) is 0 Å². The van der Waals surface area contributed by atoms with Crippen molar-refractivity contribution < 1.29 is 13.2 Å². The second-order valence-electron chi connectivity index (χ2n) is 7.59. The first-order valence-corrected chi connectivity index (χ1v) is 11.3. The zero-order chi connectivity index (χ0) is 21.7. The smallest absolute Gasteiger partial charge is 0.269 e. The van der Waals surface area contributed by atoms with Crippen LogP contribution in [-0.2, 0) is 16.6 Å². The molecule has 2 aromatic rings. The molecule has 0 aromatic heterocycles. The molecule has 160 valence electrons. The van der Waals surface area contributed by atoms with E-state index in [4.69, 9.17) is 0 Å². The molecule has 2 N–H and O–H groups in total. The molecule has 3 rings (SSSR count). The van der Waals surface area contributed by atoms with E-state index in [1.165, 1.54) is 4.31 Å². The van der Waals surface area contributed by atoms with Crippen molar-refractivity contribution in [1.82, 2.24) is 20.1 Å². The molecular weight excluding hydrogens is 400 g/mol. The maximum Gasteiger partial charge on any atom is 0.269 e. The molecule has 0 atom stereocenters. The quantitative estimate of drug-likeness (QED) is 0.661. The highest BCUT2D eigenvalue weighted by Gasteiger charge is 2.20. The first-order valence-electron chi connectivity index (χ1n) is 9.81. The van der Waals surface area contributed by atoms with Crippen molar-refractivity contribution in [2.24, 2.45) is 0 Å². The van der Waals surface area contributed by atoms with Gasteiger partial charge in [-0.25, -0.2) is 8.42 Å². The molecule has 1 heterocycles. The van der Waals surface area contributed by atoms with Crippen molar-refractivity contribution in [3.63, 3.8) is 0 Å². The molecule has 0 radical (unpaired) electrons. The number of hydrogen-bond acceptors (Lipinski definition) is 5. The van der Waals surface area contributed by atoms with Crippen LogP contribution in [0.3, 0.4) is 0 Å². The van der Waals surface area contributed by atoms with E-state index < -0.39 is 10.0 Å². The van der Waals surface area contributed by atoms with Gasteiger partial charge in [-0.3, -0.25) is 10.2 Å². The summed E-state index contributed by atoms with van der Waals surface area (Å²) in [5, 5.41) is 0. The Kier molecular flexibility index (Phi) is 6.91. The lowest BCUT2D eigenvalue weighted by Crippen LogP contribution is -2.39. The third kappa shape index (κ3) is 5.47. The fraction of sp³-hybridized carbons (Fsp3) is 0.318. The van der Waals surface area contributed by atoms with Crippen LogP contribution in [0.25, 0.3) is 0 Å². The number of hydrogen-bond donors (Lipinski definition) is 2. The van der Waals surface area contributed by atoms with Gasteiger partial charge in [-0.1, -0.05) is 29.8 Å². The van der Waals surface area contributed by atoms with Crippen LogP contribution in [0, 0.1) is 6.92 Å². The summed E-state index contributed by atoms with van der Waals surface area (Å²) in [6, 6.07) is 13.7. The van der Waals surface area contributed by atoms with Crippen molar-refractivity contribution in [3.05, 3.63) is 77.0 Å². The molecule has 1 aliphatic heterocycles. The van der Waals surface area contributed by atoms with Gasteiger partial charge < -0.3 is 10.3 Å². The highest BCUT2D eigenvalue weighted by Crippen LogP contribution is 2.17. The number of nitrogens with one attached hydrogen (secondary N) is 2. The number of carbonyl (C=O) groups is 1. The molecule has 0 bridgehead atoms. The van der Waals surface area contributed by atoms with E-state index in [1.807, 2.05) is 6.92 Å². The van der Waals surface area contributed by atoms with Crippen molar-refractivity contribution in [3.8, 4) is 0 Å². The molecule has 0 saturated heterocycles. The first kappa shape index (κ1) is 22.0. The highest BCUT2D eigenvalue weighted by molar-refractivity contribution is 7.89. The molecule has 30 heavy (non-hydrogen) atoms. The van der Waals surface area contributed by atoms with Crippen molar-refractivity contribution >= 4 is 15.9 Å². The van der Waals surface area contributed by atoms with Crippen LogP contribution in [0.4, 0.5) is 0 Å². The third-order valence-electron chi connectivity index (χ3n) is 5.10. The number of amides is 1. The van der Waals surface area contributed by atoms with Crippen molar-refractivity contribution in [1.29, 1.82) is 0 Å². The van der Waals surface area contributed by atoms with Crippen LogP contribution < -0.4 is 10.9 Å². The number of rotatable bonds is 7. The minimum absolute atomic E-state index is 0.219. The van der Waals surface area contributed by atoms with Gasteiger partial charge in [0.15, 0.2) is 0 Å². The number of sulfonamides is 1. The Morgan fingerprint density at radius 3 is 2.37 bits per heavy atom. The lowest BCUT2D eigenvalue weighted by Gasteiger charge is -2.22. The van der Waals surface area contributed by atoms with E-state index in [9.17, 15) is 13.2 Å². The average molecular weight is 429 g/mol. The Morgan fingerprint density at radius 1 is 1.10 bits per heavy atom. The molecular formula is C22H28N4O3S. The van der Waals surface area contributed by atoms with E-state index in [0.717, 1.165) is 36.3 Å². The molecule has 1 amide bonds. The summed E-state index contributed by atoms with van der Waals surface area (Å²) in [6.07, 6.45) is 2.91. The van der Waals surface area contributed by atoms with E-state index in [1.54, 1.807) is 55.6 Å². The third-order valence-corrected chi connectivity index (χ3v) is 6.92. The molecule has 7 nitrogen and oxygen atoms in total. The minimum atomic E-state index is -3.57. The number of aryl methyl sites for hydroxylation is 1. The van der Waals surface area contributed by atoms with Gasteiger partial charge in [0.25, 0.3) is 5.91 Å². The predicted octanol–water partition coefficient (Wildman–Crippen LogP) is 2.27. The lowest BCUT2D eigenvalue weighted by molar-refractivity contribution is 0.0937. The predicted molar refractivity (Wildman–Crippen MR) is 117 cm³/mol. The average Bonchev–Trinajstić information content (AvgIpc) is 2.74. The molecule has 8 heteroatoms. The van der Waals surface area contributed by atoms with Gasteiger partial charge in [0.2, 0.25) is 10.0 Å². The summed E-state index contributed by atoms with van der Waals surface area (Å²) >= 11 is 0. The van der Waals surface area contributed by atoms with E-state index in [2.05, 4.69) is 28.9 Å².